The smallest absolute Gasteiger partial charge is 0.353 e. The third kappa shape index (κ3) is 2.17. The minimum atomic E-state index is -1.19. The fourth-order valence-electron chi connectivity index (χ4n) is 4.27. The van der Waals surface area contributed by atoms with E-state index in [1.807, 2.05) is 41.5 Å². The van der Waals surface area contributed by atoms with Gasteiger partial charge in [-0.1, -0.05) is 0 Å². The van der Waals surface area contributed by atoms with Gasteiger partial charge in [0.05, 0.1) is 11.2 Å². The van der Waals surface area contributed by atoms with E-state index in [9.17, 15) is 0 Å². The predicted molar refractivity (Wildman–Crippen MR) is 107 cm³/mol. The first kappa shape index (κ1) is 18.6. The van der Waals surface area contributed by atoms with Gasteiger partial charge in [-0.15, -0.1) is 0 Å². The number of hydrogen-bond donors (Lipinski definition) is 0. The molecule has 2 aromatic rings. The van der Waals surface area contributed by atoms with Crippen LogP contribution in [0.2, 0.25) is 0 Å². The lowest BCUT2D eigenvalue weighted by atomic mass is 9.89. The van der Waals surface area contributed by atoms with Gasteiger partial charge in [0.1, 0.15) is 17.1 Å². The summed E-state index contributed by atoms with van der Waals surface area (Å²) in [5.41, 5.74) is 6.47. The van der Waals surface area contributed by atoms with Crippen molar-refractivity contribution in [3.05, 3.63) is 33.6 Å². The number of allylic oxidation sites excluding steroid dienone is 1. The SMILES string of the molecule is CC1=C(C)C2(Oc3c1c(C)c1oc(C)c(C)c1c3C)OC(C)(C)C(C)(C)O2. The Morgan fingerprint density at radius 2 is 1.26 bits per heavy atom. The maximum Gasteiger partial charge on any atom is 0.353 e. The van der Waals surface area contributed by atoms with E-state index in [0.717, 1.165) is 55.9 Å². The molecule has 1 aromatic heterocycles. The Hall–Kier alpha value is -1.78. The molecule has 1 fully saturated rings. The van der Waals surface area contributed by atoms with Crippen LogP contribution in [0.4, 0.5) is 0 Å². The molecule has 1 spiro atoms. The standard InChI is InChI=1S/C23H30O4/c1-11-15(5)23(26-21(7,8)22(9,10)27-23)25-20-14(4)18-12(2)16(6)24-19(18)13(3)17(11)20/h1-10H3. The minimum absolute atomic E-state index is 0.485. The van der Waals surface area contributed by atoms with E-state index in [1.165, 1.54) is 0 Å². The van der Waals surface area contributed by atoms with Crippen LogP contribution < -0.4 is 4.74 Å². The van der Waals surface area contributed by atoms with Crippen molar-refractivity contribution < 1.29 is 18.6 Å². The lowest BCUT2D eigenvalue weighted by Gasteiger charge is -2.37. The van der Waals surface area contributed by atoms with Gasteiger partial charge in [0, 0.05) is 27.6 Å². The van der Waals surface area contributed by atoms with Crippen LogP contribution in [0.25, 0.3) is 16.5 Å². The number of hydrogen-bond acceptors (Lipinski definition) is 4. The highest BCUT2D eigenvalue weighted by atomic mass is 16.9. The summed E-state index contributed by atoms with van der Waals surface area (Å²) >= 11 is 0. The first-order valence-corrected chi connectivity index (χ1v) is 9.63. The van der Waals surface area contributed by atoms with Crippen LogP contribution in [0, 0.1) is 27.7 Å². The van der Waals surface area contributed by atoms with E-state index in [2.05, 4.69) is 27.7 Å². The quantitative estimate of drug-likeness (QED) is 0.561. The van der Waals surface area contributed by atoms with Gasteiger partial charge in [0.25, 0.3) is 0 Å². The highest BCUT2D eigenvalue weighted by Crippen LogP contribution is 2.54. The average molecular weight is 370 g/mol. The normalized spacial score (nSPS) is 22.4. The van der Waals surface area contributed by atoms with Crippen molar-refractivity contribution in [3.63, 3.8) is 0 Å². The fraction of sp³-hybridized carbons (Fsp3) is 0.565. The van der Waals surface area contributed by atoms with Crippen LogP contribution in [0.3, 0.4) is 0 Å². The molecule has 2 aliphatic rings. The molecule has 0 aliphatic carbocycles. The molecule has 4 nitrogen and oxygen atoms in total. The van der Waals surface area contributed by atoms with Crippen molar-refractivity contribution in [1.29, 1.82) is 0 Å². The molecule has 0 amide bonds. The largest absolute Gasteiger partial charge is 0.461 e. The zero-order valence-corrected chi connectivity index (χ0v) is 18.1. The molecular formula is C23H30O4. The van der Waals surface area contributed by atoms with E-state index in [-0.39, 0.29) is 0 Å². The fourth-order valence-corrected chi connectivity index (χ4v) is 4.27. The summed E-state index contributed by atoms with van der Waals surface area (Å²) < 4.78 is 25.6. The third-order valence-corrected chi connectivity index (χ3v) is 6.91. The van der Waals surface area contributed by atoms with Gasteiger partial charge in [0.2, 0.25) is 0 Å². The summed E-state index contributed by atoms with van der Waals surface area (Å²) in [5.74, 6) is 0.588. The molecular weight excluding hydrogens is 340 g/mol. The van der Waals surface area contributed by atoms with Crippen molar-refractivity contribution in [2.24, 2.45) is 0 Å². The van der Waals surface area contributed by atoms with Crippen molar-refractivity contribution in [1.82, 2.24) is 0 Å². The second-order valence-electron chi connectivity index (χ2n) is 9.07. The van der Waals surface area contributed by atoms with Gasteiger partial charge in [-0.25, -0.2) is 0 Å². The summed E-state index contributed by atoms with van der Waals surface area (Å²) in [6, 6.07) is 0. The lowest BCUT2D eigenvalue weighted by Crippen LogP contribution is -2.43. The summed E-state index contributed by atoms with van der Waals surface area (Å²) in [4.78, 5) is 0. The van der Waals surface area contributed by atoms with Gasteiger partial charge in [-0.05, 0) is 80.4 Å². The van der Waals surface area contributed by atoms with Crippen LogP contribution in [-0.4, -0.2) is 17.2 Å². The van der Waals surface area contributed by atoms with Crippen molar-refractivity contribution in [3.8, 4) is 5.75 Å². The molecule has 0 unspecified atom stereocenters. The molecule has 0 atom stereocenters. The molecule has 3 heterocycles. The number of furan rings is 1. The van der Waals surface area contributed by atoms with Gasteiger partial charge >= 0.3 is 5.97 Å². The number of benzene rings is 1. The Balaban J connectivity index is 2.03. The molecule has 0 saturated carbocycles. The maximum atomic E-state index is 6.57. The predicted octanol–water partition coefficient (Wildman–Crippen LogP) is 6.11. The number of fused-ring (bicyclic) bond motifs is 2. The molecule has 0 N–H and O–H groups in total. The van der Waals surface area contributed by atoms with Crippen molar-refractivity contribution >= 4 is 16.5 Å². The molecule has 27 heavy (non-hydrogen) atoms. The molecule has 1 aromatic carbocycles. The van der Waals surface area contributed by atoms with Gasteiger partial charge in [-0.2, -0.15) is 0 Å². The Bertz CT molecular complexity index is 1000. The van der Waals surface area contributed by atoms with Crippen LogP contribution in [-0.2, 0) is 9.47 Å². The van der Waals surface area contributed by atoms with E-state index < -0.39 is 17.2 Å². The molecule has 4 rings (SSSR count). The van der Waals surface area contributed by atoms with E-state index >= 15 is 0 Å². The molecule has 2 aliphatic heterocycles. The van der Waals surface area contributed by atoms with E-state index in [4.69, 9.17) is 18.6 Å². The summed E-state index contributed by atoms with van der Waals surface area (Å²) in [7, 11) is 0. The zero-order chi connectivity index (χ0) is 20.1. The van der Waals surface area contributed by atoms with E-state index in [1.54, 1.807) is 0 Å². The van der Waals surface area contributed by atoms with Gasteiger partial charge in [0.15, 0.2) is 0 Å². The van der Waals surface area contributed by atoms with E-state index in [0.29, 0.717) is 0 Å². The summed E-state index contributed by atoms with van der Waals surface area (Å²) in [6.45, 7) is 20.7. The third-order valence-electron chi connectivity index (χ3n) is 6.91. The number of ether oxygens (including phenoxy) is 3. The van der Waals surface area contributed by atoms with Crippen LogP contribution in [0.1, 0.15) is 69.6 Å². The zero-order valence-electron chi connectivity index (χ0n) is 18.1. The van der Waals surface area contributed by atoms with Crippen LogP contribution in [0.5, 0.6) is 5.75 Å². The topological polar surface area (TPSA) is 40.8 Å². The Labute approximate surface area is 161 Å². The monoisotopic (exact) mass is 370 g/mol. The van der Waals surface area contributed by atoms with Crippen molar-refractivity contribution in [2.75, 3.05) is 0 Å². The van der Waals surface area contributed by atoms with Gasteiger partial charge < -0.3 is 18.6 Å². The second-order valence-corrected chi connectivity index (χ2v) is 9.07. The lowest BCUT2D eigenvalue weighted by molar-refractivity contribution is -0.283. The Morgan fingerprint density at radius 3 is 1.81 bits per heavy atom. The second kappa shape index (κ2) is 5.18. The summed E-state index contributed by atoms with van der Waals surface area (Å²) in [6.07, 6.45) is 0. The Morgan fingerprint density at radius 1 is 0.704 bits per heavy atom. The molecule has 0 bridgehead atoms. The molecule has 146 valence electrons. The number of aryl methyl sites for hydroxylation is 4. The highest BCUT2D eigenvalue weighted by molar-refractivity contribution is 5.96. The van der Waals surface area contributed by atoms with Crippen LogP contribution >= 0.6 is 0 Å². The van der Waals surface area contributed by atoms with Gasteiger partial charge in [-0.3, -0.25) is 0 Å². The van der Waals surface area contributed by atoms with Crippen LogP contribution in [0.15, 0.2) is 9.99 Å². The number of rotatable bonds is 0. The molecule has 0 radical (unpaired) electrons. The maximum absolute atomic E-state index is 6.57. The Kier molecular flexibility index (Phi) is 3.56. The first-order chi connectivity index (χ1) is 12.3. The minimum Gasteiger partial charge on any atom is -0.461 e. The average Bonchev–Trinajstić information content (AvgIpc) is 2.94. The van der Waals surface area contributed by atoms with Crippen molar-refractivity contribution in [2.45, 2.75) is 86.4 Å². The highest BCUT2D eigenvalue weighted by Gasteiger charge is 2.61. The molecule has 4 heteroatoms. The summed E-state index contributed by atoms with van der Waals surface area (Å²) in [5, 5.41) is 1.13. The first-order valence-electron chi connectivity index (χ1n) is 9.63. The molecule has 1 saturated heterocycles.